The molecule has 0 fully saturated rings. The summed E-state index contributed by atoms with van der Waals surface area (Å²) in [5.74, 6) is -2.71. The summed E-state index contributed by atoms with van der Waals surface area (Å²) in [6.45, 7) is -0.340. The Balaban J connectivity index is 2.14. The minimum atomic E-state index is -1.09. The molecule has 0 radical (unpaired) electrons. The molecule has 2 aromatic rings. The number of halogens is 2. The summed E-state index contributed by atoms with van der Waals surface area (Å²) in [6, 6.07) is 7.44. The van der Waals surface area contributed by atoms with E-state index in [1.807, 2.05) is 0 Å². The number of anilines is 1. The van der Waals surface area contributed by atoms with Gasteiger partial charge in [0.25, 0.3) is 5.56 Å². The Morgan fingerprint density at radius 1 is 1.29 bits per heavy atom. The van der Waals surface area contributed by atoms with E-state index in [0.717, 1.165) is 16.7 Å². The average Bonchev–Trinajstić information content (AvgIpc) is 2.45. The minimum Gasteiger partial charge on any atom is -0.324 e. The summed E-state index contributed by atoms with van der Waals surface area (Å²) in [7, 11) is 0. The largest absolute Gasteiger partial charge is 0.324 e. The molecule has 1 aromatic carbocycles. The number of carbonyl (C=O) groups is 1. The molecule has 2 rings (SSSR count). The standard InChI is InChI=1S/C14H9F2N3O2/c15-11-4-3-10(6-12(11)16)18-13(20)8-19-5-1-2-9(7-17)14(19)21/h1-6H,8H2,(H,18,20). The monoisotopic (exact) mass is 289 g/mol. The Morgan fingerprint density at radius 3 is 2.71 bits per heavy atom. The summed E-state index contributed by atoms with van der Waals surface area (Å²) in [6.07, 6.45) is 1.36. The fourth-order valence-corrected chi connectivity index (χ4v) is 1.68. The molecule has 0 aliphatic rings. The lowest BCUT2D eigenvalue weighted by atomic mass is 10.3. The highest BCUT2D eigenvalue weighted by Crippen LogP contribution is 2.12. The van der Waals surface area contributed by atoms with Gasteiger partial charge in [-0.3, -0.25) is 9.59 Å². The van der Waals surface area contributed by atoms with Crippen LogP contribution in [0.4, 0.5) is 14.5 Å². The Bertz CT molecular complexity index is 794. The lowest BCUT2D eigenvalue weighted by Crippen LogP contribution is -2.28. The van der Waals surface area contributed by atoms with Crippen molar-refractivity contribution in [2.24, 2.45) is 0 Å². The van der Waals surface area contributed by atoms with Crippen LogP contribution in [0.25, 0.3) is 0 Å². The average molecular weight is 289 g/mol. The van der Waals surface area contributed by atoms with Crippen LogP contribution in [-0.4, -0.2) is 10.5 Å². The number of amides is 1. The highest BCUT2D eigenvalue weighted by atomic mass is 19.2. The van der Waals surface area contributed by atoms with Gasteiger partial charge in [-0.2, -0.15) is 5.26 Å². The van der Waals surface area contributed by atoms with Crippen LogP contribution in [0, 0.1) is 23.0 Å². The fourth-order valence-electron chi connectivity index (χ4n) is 1.68. The molecule has 0 atom stereocenters. The quantitative estimate of drug-likeness (QED) is 0.933. The first-order valence-corrected chi connectivity index (χ1v) is 5.85. The second kappa shape index (κ2) is 5.96. The number of rotatable bonds is 3. The normalized spacial score (nSPS) is 9.95. The second-order valence-electron chi connectivity index (χ2n) is 4.14. The zero-order valence-corrected chi connectivity index (χ0v) is 10.6. The molecular weight excluding hydrogens is 280 g/mol. The van der Waals surface area contributed by atoms with Crippen molar-refractivity contribution in [1.82, 2.24) is 4.57 Å². The molecular formula is C14H9F2N3O2. The zero-order chi connectivity index (χ0) is 15.4. The van der Waals surface area contributed by atoms with Crippen molar-refractivity contribution in [3.05, 3.63) is 64.1 Å². The predicted molar refractivity (Wildman–Crippen MR) is 70.4 cm³/mol. The first-order chi connectivity index (χ1) is 10.0. The maximum Gasteiger partial charge on any atom is 0.268 e. The van der Waals surface area contributed by atoms with Gasteiger partial charge in [-0.25, -0.2) is 8.78 Å². The summed E-state index contributed by atoms with van der Waals surface area (Å²) in [4.78, 5) is 23.5. The van der Waals surface area contributed by atoms with Gasteiger partial charge in [-0.1, -0.05) is 0 Å². The summed E-state index contributed by atoms with van der Waals surface area (Å²) < 4.78 is 26.8. The minimum absolute atomic E-state index is 0.0726. The molecule has 0 spiro atoms. The van der Waals surface area contributed by atoms with Crippen LogP contribution in [-0.2, 0) is 11.3 Å². The molecule has 1 aromatic heterocycles. The second-order valence-corrected chi connectivity index (χ2v) is 4.14. The third-order valence-electron chi connectivity index (χ3n) is 2.66. The molecule has 21 heavy (non-hydrogen) atoms. The van der Waals surface area contributed by atoms with Crippen LogP contribution < -0.4 is 10.9 Å². The molecule has 1 amide bonds. The maximum absolute atomic E-state index is 13.0. The van der Waals surface area contributed by atoms with Gasteiger partial charge in [0.15, 0.2) is 11.6 Å². The number of nitrogens with zero attached hydrogens (tertiary/aromatic N) is 2. The number of carbonyl (C=O) groups excluding carboxylic acids is 1. The molecule has 1 heterocycles. The van der Waals surface area contributed by atoms with Crippen molar-refractivity contribution >= 4 is 11.6 Å². The summed E-state index contributed by atoms with van der Waals surface area (Å²) in [5, 5.41) is 11.1. The Hall–Kier alpha value is -3.01. The van der Waals surface area contributed by atoms with Crippen LogP contribution in [0.1, 0.15) is 5.56 Å². The fraction of sp³-hybridized carbons (Fsp3) is 0.0714. The first kappa shape index (κ1) is 14.4. The van der Waals surface area contributed by atoms with E-state index in [1.54, 1.807) is 6.07 Å². The Labute approximate surface area is 118 Å². The summed E-state index contributed by atoms with van der Waals surface area (Å²) >= 11 is 0. The van der Waals surface area contributed by atoms with E-state index in [2.05, 4.69) is 5.32 Å². The number of nitrogens with one attached hydrogen (secondary N) is 1. The third kappa shape index (κ3) is 3.30. The third-order valence-corrected chi connectivity index (χ3v) is 2.66. The number of aromatic nitrogens is 1. The lowest BCUT2D eigenvalue weighted by molar-refractivity contribution is -0.116. The van der Waals surface area contributed by atoms with E-state index < -0.39 is 23.1 Å². The first-order valence-electron chi connectivity index (χ1n) is 5.85. The van der Waals surface area contributed by atoms with Gasteiger partial charge in [0.1, 0.15) is 18.2 Å². The molecule has 0 bridgehead atoms. The predicted octanol–water partition coefficient (Wildman–Crippen LogP) is 1.64. The molecule has 0 aliphatic carbocycles. The van der Waals surface area contributed by atoms with Crippen molar-refractivity contribution in [1.29, 1.82) is 5.26 Å². The molecule has 0 aliphatic heterocycles. The van der Waals surface area contributed by atoms with E-state index in [4.69, 9.17) is 5.26 Å². The maximum atomic E-state index is 13.0. The van der Waals surface area contributed by atoms with Gasteiger partial charge >= 0.3 is 0 Å². The van der Waals surface area contributed by atoms with E-state index in [0.29, 0.717) is 0 Å². The molecule has 0 unspecified atom stereocenters. The lowest BCUT2D eigenvalue weighted by Gasteiger charge is -2.07. The van der Waals surface area contributed by atoms with E-state index >= 15 is 0 Å². The van der Waals surface area contributed by atoms with Crippen molar-refractivity contribution in [3.63, 3.8) is 0 Å². The van der Waals surface area contributed by atoms with Crippen molar-refractivity contribution in [2.45, 2.75) is 6.54 Å². The van der Waals surface area contributed by atoms with Crippen molar-refractivity contribution in [2.75, 3.05) is 5.32 Å². The van der Waals surface area contributed by atoms with Gasteiger partial charge in [0.05, 0.1) is 0 Å². The number of benzene rings is 1. The van der Waals surface area contributed by atoms with Gasteiger partial charge < -0.3 is 9.88 Å². The molecule has 0 saturated carbocycles. The van der Waals surface area contributed by atoms with Gasteiger partial charge in [0, 0.05) is 18.0 Å². The smallest absolute Gasteiger partial charge is 0.268 e. The van der Waals surface area contributed by atoms with Gasteiger partial charge in [0.2, 0.25) is 5.91 Å². The molecule has 7 heteroatoms. The number of hydrogen-bond acceptors (Lipinski definition) is 3. The van der Waals surface area contributed by atoms with E-state index in [-0.39, 0.29) is 17.8 Å². The van der Waals surface area contributed by atoms with Gasteiger partial charge in [-0.05, 0) is 24.3 Å². The van der Waals surface area contributed by atoms with Crippen LogP contribution in [0.5, 0.6) is 0 Å². The Morgan fingerprint density at radius 2 is 2.05 bits per heavy atom. The number of pyridine rings is 1. The number of nitriles is 1. The van der Waals surface area contributed by atoms with Crippen LogP contribution in [0.3, 0.4) is 0 Å². The zero-order valence-electron chi connectivity index (χ0n) is 10.6. The topological polar surface area (TPSA) is 74.9 Å². The van der Waals surface area contributed by atoms with Crippen LogP contribution in [0.2, 0.25) is 0 Å². The van der Waals surface area contributed by atoms with Gasteiger partial charge in [-0.15, -0.1) is 0 Å². The summed E-state index contributed by atoms with van der Waals surface area (Å²) in [5.41, 5.74) is -0.609. The highest BCUT2D eigenvalue weighted by Gasteiger charge is 2.09. The van der Waals surface area contributed by atoms with E-state index in [1.165, 1.54) is 24.4 Å². The molecule has 1 N–H and O–H groups in total. The Kier molecular flexibility index (Phi) is 4.09. The number of hydrogen-bond donors (Lipinski definition) is 1. The highest BCUT2D eigenvalue weighted by molar-refractivity contribution is 5.90. The molecule has 106 valence electrons. The van der Waals surface area contributed by atoms with Crippen LogP contribution >= 0.6 is 0 Å². The van der Waals surface area contributed by atoms with E-state index in [9.17, 15) is 18.4 Å². The molecule has 5 nitrogen and oxygen atoms in total. The molecule has 0 saturated heterocycles. The van der Waals surface area contributed by atoms with Crippen molar-refractivity contribution < 1.29 is 13.6 Å². The van der Waals surface area contributed by atoms with Crippen molar-refractivity contribution in [3.8, 4) is 6.07 Å². The SMILES string of the molecule is N#Cc1cccn(CC(=O)Nc2ccc(F)c(F)c2)c1=O. The van der Waals surface area contributed by atoms with Crippen LogP contribution in [0.15, 0.2) is 41.3 Å².